The number of nitrogens with zero attached hydrogens (tertiary/aromatic N) is 1. The molecule has 1 fully saturated rings. The largest absolute Gasteiger partial charge is 0.394 e. The van der Waals surface area contributed by atoms with Crippen LogP contribution in [0.4, 0.5) is 0 Å². The molecule has 1 rings (SSSR count). The summed E-state index contributed by atoms with van der Waals surface area (Å²) in [5.74, 6) is 2.15. The maximum atomic E-state index is 9.43. The highest BCUT2D eigenvalue weighted by molar-refractivity contribution is 4.88. The SMILES string of the molecule is CC(C)C1CCC(N)C(CN(C)C(C)(C)CO)C1. The zero-order valence-corrected chi connectivity index (χ0v) is 12.8. The fourth-order valence-electron chi connectivity index (χ4n) is 2.86. The summed E-state index contributed by atoms with van der Waals surface area (Å²) in [4.78, 5) is 2.26. The van der Waals surface area contributed by atoms with Gasteiger partial charge in [0.25, 0.3) is 0 Å². The van der Waals surface area contributed by atoms with Gasteiger partial charge in [-0.15, -0.1) is 0 Å². The molecule has 1 aliphatic carbocycles. The fraction of sp³-hybridized carbons (Fsp3) is 1.00. The van der Waals surface area contributed by atoms with Crippen LogP contribution in [-0.2, 0) is 0 Å². The Bertz CT molecular complexity index is 253. The van der Waals surface area contributed by atoms with Crippen molar-refractivity contribution < 1.29 is 5.11 Å². The van der Waals surface area contributed by atoms with Gasteiger partial charge in [-0.3, -0.25) is 4.90 Å². The summed E-state index contributed by atoms with van der Waals surface area (Å²) < 4.78 is 0. The molecule has 0 aromatic heterocycles. The van der Waals surface area contributed by atoms with Crippen LogP contribution in [0.25, 0.3) is 0 Å². The van der Waals surface area contributed by atoms with Crippen LogP contribution >= 0.6 is 0 Å². The van der Waals surface area contributed by atoms with Crippen molar-refractivity contribution >= 4 is 0 Å². The number of hydrogen-bond acceptors (Lipinski definition) is 3. The van der Waals surface area contributed by atoms with E-state index < -0.39 is 0 Å². The lowest BCUT2D eigenvalue weighted by Gasteiger charge is -2.42. The van der Waals surface area contributed by atoms with Crippen molar-refractivity contribution in [2.24, 2.45) is 23.5 Å². The topological polar surface area (TPSA) is 49.5 Å². The van der Waals surface area contributed by atoms with Gasteiger partial charge in [-0.05, 0) is 57.9 Å². The van der Waals surface area contributed by atoms with E-state index in [0.717, 1.165) is 24.8 Å². The molecule has 0 aromatic rings. The van der Waals surface area contributed by atoms with Gasteiger partial charge < -0.3 is 10.8 Å². The van der Waals surface area contributed by atoms with E-state index in [1.54, 1.807) is 0 Å². The van der Waals surface area contributed by atoms with E-state index in [0.29, 0.717) is 12.0 Å². The average molecular weight is 256 g/mol. The monoisotopic (exact) mass is 256 g/mol. The van der Waals surface area contributed by atoms with Gasteiger partial charge in [0, 0.05) is 18.1 Å². The summed E-state index contributed by atoms with van der Waals surface area (Å²) in [6, 6.07) is 0.331. The third-order valence-corrected chi connectivity index (χ3v) is 4.95. The molecule has 0 amide bonds. The van der Waals surface area contributed by atoms with Gasteiger partial charge >= 0.3 is 0 Å². The van der Waals surface area contributed by atoms with Crippen LogP contribution in [0.15, 0.2) is 0 Å². The average Bonchev–Trinajstić information content (AvgIpc) is 2.31. The number of aliphatic hydroxyl groups is 1. The first-order chi connectivity index (χ1) is 8.27. The van der Waals surface area contributed by atoms with Crippen LogP contribution in [0, 0.1) is 17.8 Å². The zero-order valence-electron chi connectivity index (χ0n) is 12.8. The van der Waals surface area contributed by atoms with Crippen molar-refractivity contribution in [1.82, 2.24) is 4.90 Å². The predicted octanol–water partition coefficient (Wildman–Crippen LogP) is 2.09. The van der Waals surface area contributed by atoms with Gasteiger partial charge in [-0.2, -0.15) is 0 Å². The summed E-state index contributed by atoms with van der Waals surface area (Å²) >= 11 is 0. The minimum absolute atomic E-state index is 0.148. The first-order valence-electron chi connectivity index (χ1n) is 7.35. The molecule has 108 valence electrons. The van der Waals surface area contributed by atoms with Crippen LogP contribution < -0.4 is 5.73 Å². The quantitative estimate of drug-likeness (QED) is 0.792. The number of aliphatic hydroxyl groups excluding tert-OH is 1. The third kappa shape index (κ3) is 3.94. The number of nitrogens with two attached hydrogens (primary N) is 1. The van der Waals surface area contributed by atoms with E-state index in [1.807, 2.05) is 0 Å². The zero-order chi connectivity index (χ0) is 13.9. The van der Waals surface area contributed by atoms with Crippen LogP contribution in [0.3, 0.4) is 0 Å². The summed E-state index contributed by atoms with van der Waals surface area (Å²) in [5, 5.41) is 9.43. The van der Waals surface area contributed by atoms with Gasteiger partial charge in [-0.1, -0.05) is 13.8 Å². The molecule has 3 unspecified atom stereocenters. The minimum Gasteiger partial charge on any atom is -0.394 e. The van der Waals surface area contributed by atoms with Crippen molar-refractivity contribution in [3.63, 3.8) is 0 Å². The minimum atomic E-state index is -0.148. The van der Waals surface area contributed by atoms with Gasteiger partial charge in [0.2, 0.25) is 0 Å². The summed E-state index contributed by atoms with van der Waals surface area (Å²) in [6.07, 6.45) is 3.67. The van der Waals surface area contributed by atoms with Gasteiger partial charge in [0.05, 0.1) is 6.61 Å². The molecule has 1 saturated carbocycles. The molecule has 0 aliphatic heterocycles. The molecule has 18 heavy (non-hydrogen) atoms. The normalized spacial score (nSPS) is 30.2. The van der Waals surface area contributed by atoms with E-state index in [-0.39, 0.29) is 12.1 Å². The molecular weight excluding hydrogens is 224 g/mol. The lowest BCUT2D eigenvalue weighted by atomic mass is 9.73. The Morgan fingerprint density at radius 3 is 2.44 bits per heavy atom. The molecule has 0 bridgehead atoms. The number of hydrogen-bond donors (Lipinski definition) is 2. The lowest BCUT2D eigenvalue weighted by Crippen LogP contribution is -2.50. The molecule has 3 nitrogen and oxygen atoms in total. The van der Waals surface area contributed by atoms with Gasteiger partial charge in [-0.25, -0.2) is 0 Å². The Kier molecular flexibility index (Phi) is 5.63. The number of rotatable bonds is 5. The molecule has 0 saturated heterocycles. The molecule has 0 heterocycles. The Morgan fingerprint density at radius 1 is 1.33 bits per heavy atom. The first kappa shape index (κ1) is 15.9. The molecule has 3 heteroatoms. The predicted molar refractivity (Wildman–Crippen MR) is 77.4 cm³/mol. The van der Waals surface area contributed by atoms with Crippen molar-refractivity contribution in [3.8, 4) is 0 Å². The van der Waals surface area contributed by atoms with Crippen molar-refractivity contribution in [3.05, 3.63) is 0 Å². The smallest absolute Gasteiger partial charge is 0.0609 e. The third-order valence-electron chi connectivity index (χ3n) is 4.95. The van der Waals surface area contributed by atoms with Crippen LogP contribution in [0.1, 0.15) is 47.0 Å². The molecular formula is C15H32N2O. The Morgan fingerprint density at radius 2 is 1.94 bits per heavy atom. The van der Waals surface area contributed by atoms with Gasteiger partial charge in [0.1, 0.15) is 0 Å². The van der Waals surface area contributed by atoms with Crippen molar-refractivity contribution in [2.75, 3.05) is 20.2 Å². The van der Waals surface area contributed by atoms with Crippen LogP contribution in [-0.4, -0.2) is 41.8 Å². The Balaban J connectivity index is 2.58. The van der Waals surface area contributed by atoms with E-state index in [9.17, 15) is 5.11 Å². The fourth-order valence-corrected chi connectivity index (χ4v) is 2.86. The van der Waals surface area contributed by atoms with E-state index in [2.05, 4.69) is 39.6 Å². The summed E-state index contributed by atoms with van der Waals surface area (Å²) in [6.45, 7) is 10.00. The second-order valence-corrected chi connectivity index (χ2v) is 7.09. The van der Waals surface area contributed by atoms with E-state index in [4.69, 9.17) is 5.73 Å². The Hall–Kier alpha value is -0.120. The highest BCUT2D eigenvalue weighted by Crippen LogP contribution is 2.34. The molecule has 3 N–H and O–H groups in total. The first-order valence-corrected chi connectivity index (χ1v) is 7.35. The maximum Gasteiger partial charge on any atom is 0.0609 e. The molecule has 0 radical (unpaired) electrons. The molecule has 3 atom stereocenters. The highest BCUT2D eigenvalue weighted by Gasteiger charge is 2.33. The summed E-state index contributed by atoms with van der Waals surface area (Å²) in [7, 11) is 2.10. The van der Waals surface area contributed by atoms with Crippen molar-refractivity contribution in [1.29, 1.82) is 0 Å². The standard InChI is InChI=1S/C15H32N2O/c1-11(2)12-6-7-14(16)13(8-12)9-17(5)15(3,4)10-18/h11-14,18H,6-10,16H2,1-5H3. The molecule has 1 aliphatic rings. The van der Waals surface area contributed by atoms with Crippen molar-refractivity contribution in [2.45, 2.75) is 58.5 Å². The van der Waals surface area contributed by atoms with E-state index in [1.165, 1.54) is 12.8 Å². The second-order valence-electron chi connectivity index (χ2n) is 7.09. The lowest BCUT2D eigenvalue weighted by molar-refractivity contribution is 0.0486. The summed E-state index contributed by atoms with van der Waals surface area (Å²) in [5.41, 5.74) is 6.14. The Labute approximate surface area is 113 Å². The molecule has 0 aromatic carbocycles. The van der Waals surface area contributed by atoms with Crippen LogP contribution in [0.2, 0.25) is 0 Å². The maximum absolute atomic E-state index is 9.43. The number of likely N-dealkylation sites (N-methyl/N-ethyl adjacent to an activating group) is 1. The highest BCUT2D eigenvalue weighted by atomic mass is 16.3. The van der Waals surface area contributed by atoms with E-state index >= 15 is 0 Å². The second kappa shape index (κ2) is 6.36. The van der Waals surface area contributed by atoms with Gasteiger partial charge in [0.15, 0.2) is 0 Å². The molecule has 0 spiro atoms. The van der Waals surface area contributed by atoms with Crippen LogP contribution in [0.5, 0.6) is 0 Å².